The monoisotopic (exact) mass is 447 g/mol. The van der Waals surface area contributed by atoms with Gasteiger partial charge in [-0.15, -0.1) is 0 Å². The Morgan fingerprint density at radius 3 is 2.61 bits per heavy atom. The highest BCUT2D eigenvalue weighted by molar-refractivity contribution is 6.33. The molecule has 2 aromatic carbocycles. The van der Waals surface area contributed by atoms with Crippen molar-refractivity contribution >= 4 is 23.0 Å². The second-order valence-electron chi connectivity index (χ2n) is 7.32. The number of benzene rings is 2. The molecular weight excluding hydrogens is 427 g/mol. The molecule has 8 heteroatoms. The summed E-state index contributed by atoms with van der Waals surface area (Å²) in [6.07, 6.45) is -3.01. The summed E-state index contributed by atoms with van der Waals surface area (Å²) >= 11 is 6.34. The molecule has 0 spiro atoms. The van der Waals surface area contributed by atoms with Crippen LogP contribution in [0.1, 0.15) is 12.0 Å². The van der Waals surface area contributed by atoms with Crippen LogP contribution < -0.4 is 15.0 Å². The van der Waals surface area contributed by atoms with Gasteiger partial charge in [-0.25, -0.2) is 4.98 Å². The molecule has 2 heterocycles. The molecule has 1 atom stereocenters. The van der Waals surface area contributed by atoms with Gasteiger partial charge in [0.25, 0.3) is 0 Å². The number of alkyl halides is 3. The Morgan fingerprint density at radius 1 is 1.13 bits per heavy atom. The first-order chi connectivity index (χ1) is 14.8. The second kappa shape index (κ2) is 8.67. The number of hydrogen-bond donors (Lipinski definition) is 1. The third-order valence-electron chi connectivity index (χ3n) is 5.29. The summed E-state index contributed by atoms with van der Waals surface area (Å²) in [7, 11) is 1.87. The van der Waals surface area contributed by atoms with Gasteiger partial charge in [-0.05, 0) is 29.8 Å². The number of nitrogens with one attached hydrogen (secondary N) is 1. The zero-order chi connectivity index (χ0) is 22.0. The van der Waals surface area contributed by atoms with E-state index >= 15 is 0 Å². The molecule has 3 aromatic rings. The fraction of sp³-hybridized carbons (Fsp3) is 0.261. The molecule has 1 aromatic heterocycles. The number of nitrogens with zero attached hydrogens (tertiary/aromatic N) is 2. The van der Waals surface area contributed by atoms with Crippen molar-refractivity contribution < 1.29 is 17.9 Å². The van der Waals surface area contributed by atoms with Crippen molar-refractivity contribution in [1.29, 1.82) is 0 Å². The van der Waals surface area contributed by atoms with E-state index in [1.807, 2.05) is 43.4 Å². The SMILES string of the molecule is CNc1cc(-c2ccccc2Cl)ccc1N1CC[C@H](Oc2ccc(C(F)(F)F)cn2)C1. The van der Waals surface area contributed by atoms with E-state index < -0.39 is 11.7 Å². The van der Waals surface area contributed by atoms with Crippen molar-refractivity contribution in [2.75, 3.05) is 30.4 Å². The first kappa shape index (κ1) is 21.3. The van der Waals surface area contributed by atoms with E-state index in [0.717, 1.165) is 47.7 Å². The van der Waals surface area contributed by atoms with Crippen LogP contribution in [0, 0.1) is 0 Å². The van der Waals surface area contributed by atoms with Crippen molar-refractivity contribution in [3.63, 3.8) is 0 Å². The maximum atomic E-state index is 12.7. The average Bonchev–Trinajstić information content (AvgIpc) is 3.21. The van der Waals surface area contributed by atoms with Crippen LogP contribution in [0.25, 0.3) is 11.1 Å². The molecule has 1 saturated heterocycles. The zero-order valence-electron chi connectivity index (χ0n) is 16.8. The third kappa shape index (κ3) is 4.71. The van der Waals surface area contributed by atoms with Gasteiger partial charge in [0.15, 0.2) is 0 Å². The quantitative estimate of drug-likeness (QED) is 0.511. The number of ether oxygens (including phenoxy) is 1. The molecule has 4 nitrogen and oxygen atoms in total. The lowest BCUT2D eigenvalue weighted by atomic mass is 10.0. The minimum Gasteiger partial charge on any atom is -0.472 e. The Hall–Kier alpha value is -2.93. The molecule has 1 N–H and O–H groups in total. The number of pyridine rings is 1. The van der Waals surface area contributed by atoms with Crippen LogP contribution in [-0.4, -0.2) is 31.2 Å². The molecule has 4 rings (SSSR count). The lowest BCUT2D eigenvalue weighted by Crippen LogP contribution is -2.25. The average molecular weight is 448 g/mol. The lowest BCUT2D eigenvalue weighted by molar-refractivity contribution is -0.137. The molecule has 0 unspecified atom stereocenters. The fourth-order valence-corrected chi connectivity index (χ4v) is 3.95. The van der Waals surface area contributed by atoms with E-state index in [9.17, 15) is 13.2 Å². The van der Waals surface area contributed by atoms with Crippen LogP contribution in [-0.2, 0) is 6.18 Å². The van der Waals surface area contributed by atoms with E-state index in [4.69, 9.17) is 16.3 Å². The van der Waals surface area contributed by atoms with Gasteiger partial charge in [0.1, 0.15) is 6.10 Å². The topological polar surface area (TPSA) is 37.4 Å². The predicted octanol–water partition coefficient (Wildman–Crippen LogP) is 6.12. The molecule has 0 aliphatic carbocycles. The van der Waals surface area contributed by atoms with Crippen molar-refractivity contribution in [1.82, 2.24) is 4.98 Å². The van der Waals surface area contributed by atoms with Crippen LogP contribution in [0.2, 0.25) is 5.02 Å². The van der Waals surface area contributed by atoms with Gasteiger partial charge in [-0.3, -0.25) is 0 Å². The summed E-state index contributed by atoms with van der Waals surface area (Å²) in [5, 5.41) is 3.93. The standard InChI is InChI=1S/C23H21ClF3N3O/c1-28-20-12-15(18-4-2-3-5-19(18)24)6-8-21(20)30-11-10-17(14-30)31-22-9-7-16(13-29-22)23(25,26)27/h2-9,12-13,17,28H,10-11,14H2,1H3/t17-/m0/s1. The van der Waals surface area contributed by atoms with Crippen molar-refractivity contribution in [3.05, 3.63) is 71.4 Å². The molecule has 1 aliphatic heterocycles. The van der Waals surface area contributed by atoms with E-state index in [1.54, 1.807) is 0 Å². The van der Waals surface area contributed by atoms with Gasteiger partial charge in [0, 0.05) is 42.9 Å². The molecule has 0 bridgehead atoms. The number of anilines is 2. The smallest absolute Gasteiger partial charge is 0.417 e. The summed E-state index contributed by atoms with van der Waals surface area (Å²) in [6.45, 7) is 1.38. The molecule has 0 saturated carbocycles. The zero-order valence-corrected chi connectivity index (χ0v) is 17.5. The van der Waals surface area contributed by atoms with Crippen LogP contribution in [0.3, 0.4) is 0 Å². The summed E-state index contributed by atoms with van der Waals surface area (Å²) in [4.78, 5) is 6.00. The highest BCUT2D eigenvalue weighted by atomic mass is 35.5. The van der Waals surface area contributed by atoms with Crippen molar-refractivity contribution in [2.45, 2.75) is 18.7 Å². The van der Waals surface area contributed by atoms with Crippen LogP contribution in [0.15, 0.2) is 60.8 Å². The molecular formula is C23H21ClF3N3O. The summed E-state index contributed by atoms with van der Waals surface area (Å²) in [5.41, 5.74) is 3.18. The minimum atomic E-state index is -4.41. The van der Waals surface area contributed by atoms with E-state index in [-0.39, 0.29) is 12.0 Å². The fourth-order valence-electron chi connectivity index (χ4n) is 3.71. The number of rotatable bonds is 5. The Labute approximate surface area is 183 Å². The number of aromatic nitrogens is 1. The third-order valence-corrected chi connectivity index (χ3v) is 5.62. The molecule has 0 amide bonds. The first-order valence-corrected chi connectivity index (χ1v) is 10.2. The Morgan fingerprint density at radius 2 is 1.94 bits per heavy atom. The van der Waals surface area contributed by atoms with Gasteiger partial charge in [-0.1, -0.05) is 35.9 Å². The van der Waals surface area contributed by atoms with Crippen molar-refractivity contribution in [2.24, 2.45) is 0 Å². The summed E-state index contributed by atoms with van der Waals surface area (Å²) in [6, 6.07) is 16.1. The maximum Gasteiger partial charge on any atom is 0.417 e. The Balaban J connectivity index is 1.47. The molecule has 1 fully saturated rings. The van der Waals surface area contributed by atoms with E-state index in [1.165, 1.54) is 6.07 Å². The lowest BCUT2D eigenvalue weighted by Gasteiger charge is -2.23. The van der Waals surface area contributed by atoms with Gasteiger partial charge in [0.05, 0.1) is 23.5 Å². The molecule has 31 heavy (non-hydrogen) atoms. The predicted molar refractivity (Wildman–Crippen MR) is 117 cm³/mol. The normalized spacial score (nSPS) is 16.4. The second-order valence-corrected chi connectivity index (χ2v) is 7.73. The molecule has 1 aliphatic rings. The summed E-state index contributed by atoms with van der Waals surface area (Å²) < 4.78 is 43.9. The molecule has 162 valence electrons. The highest BCUT2D eigenvalue weighted by Gasteiger charge is 2.31. The van der Waals surface area contributed by atoms with Gasteiger partial charge >= 0.3 is 6.18 Å². The number of hydrogen-bond acceptors (Lipinski definition) is 4. The van der Waals surface area contributed by atoms with Crippen LogP contribution >= 0.6 is 11.6 Å². The van der Waals surface area contributed by atoms with Crippen molar-refractivity contribution in [3.8, 4) is 17.0 Å². The highest BCUT2D eigenvalue weighted by Crippen LogP contribution is 2.36. The Kier molecular flexibility index (Phi) is 5.96. The van der Waals surface area contributed by atoms with E-state index in [2.05, 4.69) is 21.3 Å². The van der Waals surface area contributed by atoms with Gasteiger partial charge < -0.3 is 15.0 Å². The molecule has 0 radical (unpaired) electrons. The van der Waals surface area contributed by atoms with Crippen LogP contribution in [0.4, 0.5) is 24.5 Å². The van der Waals surface area contributed by atoms with E-state index in [0.29, 0.717) is 11.6 Å². The number of halogens is 4. The van der Waals surface area contributed by atoms with Gasteiger partial charge in [0.2, 0.25) is 5.88 Å². The maximum absolute atomic E-state index is 12.7. The summed E-state index contributed by atoms with van der Waals surface area (Å²) in [5.74, 6) is 0.197. The van der Waals surface area contributed by atoms with Crippen LogP contribution in [0.5, 0.6) is 5.88 Å². The minimum absolute atomic E-state index is 0.155. The van der Waals surface area contributed by atoms with Gasteiger partial charge in [-0.2, -0.15) is 13.2 Å². The first-order valence-electron chi connectivity index (χ1n) is 9.86. The Bertz CT molecular complexity index is 1060. The largest absolute Gasteiger partial charge is 0.472 e.